The third kappa shape index (κ3) is 12.8. The van der Waals surface area contributed by atoms with Gasteiger partial charge in [-0.05, 0) is 18.8 Å². The van der Waals surface area contributed by atoms with Gasteiger partial charge in [0.2, 0.25) is 0 Å². The minimum absolute atomic E-state index is 0.178. The van der Waals surface area contributed by atoms with Crippen LogP contribution in [0.4, 0.5) is 0 Å². The van der Waals surface area contributed by atoms with Gasteiger partial charge >= 0.3 is 0 Å². The summed E-state index contributed by atoms with van der Waals surface area (Å²) < 4.78 is 0. The Morgan fingerprint density at radius 1 is 0.762 bits per heavy atom. The molecule has 0 unspecified atom stereocenters. The summed E-state index contributed by atoms with van der Waals surface area (Å²) in [5.74, 6) is 1.30. The minimum atomic E-state index is -0.178. The van der Waals surface area contributed by atoms with Crippen LogP contribution in [0.3, 0.4) is 0 Å². The van der Waals surface area contributed by atoms with Crippen LogP contribution in [-0.2, 0) is 9.59 Å². The molecule has 0 spiro atoms. The lowest BCUT2D eigenvalue weighted by Gasteiger charge is -2.16. The van der Waals surface area contributed by atoms with Crippen molar-refractivity contribution in [3.05, 3.63) is 0 Å². The first-order valence-electron chi connectivity index (χ1n) is 8.78. The van der Waals surface area contributed by atoms with Gasteiger partial charge in [0.25, 0.3) is 0 Å². The van der Waals surface area contributed by atoms with E-state index in [4.69, 9.17) is 0 Å². The molecule has 0 aromatic rings. The number of rotatable bonds is 12. The fourth-order valence-electron chi connectivity index (χ4n) is 2.42. The van der Waals surface area contributed by atoms with Gasteiger partial charge in [0.05, 0.1) is 0 Å². The molecule has 0 saturated heterocycles. The molecule has 0 heterocycles. The molecule has 0 atom stereocenters. The van der Waals surface area contributed by atoms with Gasteiger partial charge in [-0.2, -0.15) is 0 Å². The Balaban J connectivity index is 3.34. The van der Waals surface area contributed by atoms with Crippen molar-refractivity contribution in [1.82, 2.24) is 0 Å². The van der Waals surface area contributed by atoms with E-state index in [-0.39, 0.29) is 5.41 Å². The predicted molar refractivity (Wildman–Crippen MR) is 90.5 cm³/mol. The molecule has 0 N–H and O–H groups in total. The average molecular weight is 296 g/mol. The van der Waals surface area contributed by atoms with Crippen molar-refractivity contribution < 1.29 is 9.59 Å². The molecule has 0 amide bonds. The zero-order valence-corrected chi connectivity index (χ0v) is 15.0. The molecule has 0 bridgehead atoms. The van der Waals surface area contributed by atoms with Crippen LogP contribution in [0.1, 0.15) is 98.8 Å². The number of unbranched alkanes of at least 4 members (excludes halogenated alkanes) is 6. The quantitative estimate of drug-likeness (QED) is 0.431. The molecule has 0 aliphatic heterocycles. The number of hydrogen-bond acceptors (Lipinski definition) is 2. The Kier molecular flexibility index (Phi) is 10.6. The van der Waals surface area contributed by atoms with Crippen molar-refractivity contribution >= 4 is 11.6 Å². The molecule has 2 nitrogen and oxygen atoms in total. The van der Waals surface area contributed by atoms with Crippen LogP contribution in [0.2, 0.25) is 0 Å². The second kappa shape index (κ2) is 11.0. The normalized spacial score (nSPS) is 11.9. The van der Waals surface area contributed by atoms with Crippen molar-refractivity contribution in [2.75, 3.05) is 0 Å². The fourth-order valence-corrected chi connectivity index (χ4v) is 2.42. The molecule has 0 radical (unpaired) electrons. The van der Waals surface area contributed by atoms with Gasteiger partial charge < -0.3 is 0 Å². The lowest BCUT2D eigenvalue weighted by molar-refractivity contribution is -0.126. The van der Waals surface area contributed by atoms with E-state index in [9.17, 15) is 9.59 Å². The first kappa shape index (κ1) is 20.3. The maximum atomic E-state index is 11.7. The summed E-state index contributed by atoms with van der Waals surface area (Å²) >= 11 is 0. The average Bonchev–Trinajstić information content (AvgIpc) is 2.34. The van der Waals surface area contributed by atoms with Crippen molar-refractivity contribution in [1.29, 1.82) is 0 Å². The number of hydrogen-bond donors (Lipinski definition) is 0. The van der Waals surface area contributed by atoms with E-state index in [1.807, 2.05) is 20.8 Å². The summed E-state index contributed by atoms with van der Waals surface area (Å²) in [6.45, 7) is 10.2. The number of Topliss-reactive ketones (excluding diaryl/α,β-unsaturated/α-hetero) is 2. The highest BCUT2D eigenvalue weighted by Gasteiger charge is 2.19. The second-order valence-corrected chi connectivity index (χ2v) is 7.78. The highest BCUT2D eigenvalue weighted by Crippen LogP contribution is 2.19. The van der Waals surface area contributed by atoms with Gasteiger partial charge in [0.15, 0.2) is 0 Å². The monoisotopic (exact) mass is 296 g/mol. The first-order valence-corrected chi connectivity index (χ1v) is 8.78. The third-order valence-electron chi connectivity index (χ3n) is 3.83. The summed E-state index contributed by atoms with van der Waals surface area (Å²) in [5, 5.41) is 0. The lowest BCUT2D eigenvalue weighted by Crippen LogP contribution is -2.19. The highest BCUT2D eigenvalue weighted by molar-refractivity contribution is 5.83. The minimum Gasteiger partial charge on any atom is -0.300 e. The fraction of sp³-hybridized carbons (Fsp3) is 0.895. The van der Waals surface area contributed by atoms with Gasteiger partial charge in [-0.15, -0.1) is 0 Å². The Labute approximate surface area is 132 Å². The van der Waals surface area contributed by atoms with E-state index in [2.05, 4.69) is 13.8 Å². The third-order valence-corrected chi connectivity index (χ3v) is 3.83. The molecule has 0 aromatic carbocycles. The molecular formula is C19H36O2. The molecule has 0 saturated carbocycles. The molecule has 0 aromatic heterocycles. The van der Waals surface area contributed by atoms with E-state index < -0.39 is 0 Å². The zero-order chi connectivity index (χ0) is 16.3. The van der Waals surface area contributed by atoms with Crippen molar-refractivity contribution in [3.63, 3.8) is 0 Å². The summed E-state index contributed by atoms with van der Waals surface area (Å²) in [6.07, 6.45) is 10.3. The summed E-state index contributed by atoms with van der Waals surface area (Å²) in [6, 6.07) is 0. The number of carbonyl (C=O) groups excluding carboxylic acids is 2. The van der Waals surface area contributed by atoms with Gasteiger partial charge in [-0.3, -0.25) is 9.59 Å². The number of ketones is 2. The maximum Gasteiger partial charge on any atom is 0.138 e. The van der Waals surface area contributed by atoms with E-state index in [1.165, 1.54) is 25.7 Å². The Bertz CT molecular complexity index is 297. The topological polar surface area (TPSA) is 34.1 Å². The molecule has 124 valence electrons. The zero-order valence-electron chi connectivity index (χ0n) is 15.0. The smallest absolute Gasteiger partial charge is 0.138 e. The first-order chi connectivity index (χ1) is 9.73. The van der Waals surface area contributed by atoms with Crippen LogP contribution < -0.4 is 0 Å². The van der Waals surface area contributed by atoms with Crippen LogP contribution in [0.15, 0.2) is 0 Å². The Morgan fingerprint density at radius 2 is 1.19 bits per heavy atom. The van der Waals surface area contributed by atoms with Crippen LogP contribution in [0.25, 0.3) is 0 Å². The molecular weight excluding hydrogens is 260 g/mol. The summed E-state index contributed by atoms with van der Waals surface area (Å²) in [7, 11) is 0. The van der Waals surface area contributed by atoms with E-state index >= 15 is 0 Å². The van der Waals surface area contributed by atoms with Crippen molar-refractivity contribution in [2.24, 2.45) is 11.3 Å². The van der Waals surface area contributed by atoms with Crippen LogP contribution in [-0.4, -0.2) is 11.6 Å². The highest BCUT2D eigenvalue weighted by atomic mass is 16.1. The molecule has 0 aliphatic carbocycles. The largest absolute Gasteiger partial charge is 0.300 e. The lowest BCUT2D eigenvalue weighted by atomic mass is 9.88. The summed E-state index contributed by atoms with van der Waals surface area (Å²) in [4.78, 5) is 23.3. The van der Waals surface area contributed by atoms with Crippen molar-refractivity contribution in [2.45, 2.75) is 98.8 Å². The SMILES string of the molecule is CC(C)CC(=O)CCCCCCCCCC(=O)C(C)(C)C. The van der Waals surface area contributed by atoms with Gasteiger partial charge in [-0.1, -0.05) is 66.7 Å². The molecule has 2 heteroatoms. The van der Waals surface area contributed by atoms with E-state index in [1.54, 1.807) is 0 Å². The number of carbonyl (C=O) groups is 2. The van der Waals surface area contributed by atoms with E-state index in [0.29, 0.717) is 17.5 Å². The standard InChI is InChI=1S/C19H36O2/c1-16(2)15-17(20)13-11-9-7-6-8-10-12-14-18(21)19(3,4)5/h16H,6-15H2,1-5H3. The second-order valence-electron chi connectivity index (χ2n) is 7.78. The maximum absolute atomic E-state index is 11.7. The van der Waals surface area contributed by atoms with E-state index in [0.717, 1.165) is 38.5 Å². The summed E-state index contributed by atoms with van der Waals surface area (Å²) in [5.41, 5.74) is -0.178. The molecule has 0 aliphatic rings. The molecule has 21 heavy (non-hydrogen) atoms. The Hall–Kier alpha value is -0.660. The molecule has 0 rings (SSSR count). The van der Waals surface area contributed by atoms with Gasteiger partial charge in [0.1, 0.15) is 11.6 Å². The van der Waals surface area contributed by atoms with Crippen LogP contribution in [0.5, 0.6) is 0 Å². The van der Waals surface area contributed by atoms with Gasteiger partial charge in [0, 0.05) is 24.7 Å². The predicted octanol–water partition coefficient (Wildman–Crippen LogP) is 5.73. The van der Waals surface area contributed by atoms with Crippen molar-refractivity contribution in [3.8, 4) is 0 Å². The van der Waals surface area contributed by atoms with Crippen LogP contribution >= 0.6 is 0 Å². The van der Waals surface area contributed by atoms with Gasteiger partial charge in [-0.25, -0.2) is 0 Å². The molecule has 0 fully saturated rings. The van der Waals surface area contributed by atoms with Crippen LogP contribution in [0, 0.1) is 11.3 Å². The Morgan fingerprint density at radius 3 is 1.62 bits per heavy atom.